The monoisotopic (exact) mass is 265 g/mol. The van der Waals surface area contributed by atoms with Gasteiger partial charge in [0.15, 0.2) is 0 Å². The van der Waals surface area contributed by atoms with Crippen LogP contribution in [0.2, 0.25) is 0 Å². The topological polar surface area (TPSA) is 81.7 Å². The van der Waals surface area contributed by atoms with Gasteiger partial charge >= 0.3 is 5.97 Å². The normalized spacial score (nSPS) is 11.4. The van der Waals surface area contributed by atoms with Crippen LogP contribution in [0, 0.1) is 6.92 Å². The first-order chi connectivity index (χ1) is 7.44. The Labute approximate surface area is 97.2 Å². The Kier molecular flexibility index (Phi) is 4.03. The predicted molar refractivity (Wildman–Crippen MR) is 57.7 cm³/mol. The summed E-state index contributed by atoms with van der Waals surface area (Å²) < 4.78 is 27.9. The third-order valence-corrected chi connectivity index (χ3v) is 4.41. The Hall–Kier alpha value is -0.960. The fourth-order valence-corrected chi connectivity index (χ4v) is 3.67. The lowest BCUT2D eigenvalue weighted by molar-refractivity contribution is 0.0602. The lowest BCUT2D eigenvalue weighted by atomic mass is 10.3. The second kappa shape index (κ2) is 4.91. The zero-order chi connectivity index (χ0) is 12.3. The summed E-state index contributed by atoms with van der Waals surface area (Å²) in [6.07, 6.45) is 0. The summed E-state index contributed by atoms with van der Waals surface area (Å²) in [6, 6.07) is 0. The van der Waals surface area contributed by atoms with Gasteiger partial charge in [-0.25, -0.2) is 13.2 Å². The van der Waals surface area contributed by atoms with Gasteiger partial charge in [-0.05, 0) is 17.9 Å². The van der Waals surface area contributed by atoms with Crippen LogP contribution in [-0.4, -0.2) is 28.6 Å². The van der Waals surface area contributed by atoms with Crippen molar-refractivity contribution in [3.8, 4) is 0 Å². The number of nitrogens with one attached hydrogen (secondary N) is 1. The van der Waals surface area contributed by atoms with Crippen LogP contribution >= 0.6 is 11.3 Å². The van der Waals surface area contributed by atoms with Gasteiger partial charge in [-0.2, -0.15) is 0 Å². The molecular weight excluding hydrogens is 254 g/mol. The fraction of sp³-hybridized carbons (Fsp3) is 0.375. The molecule has 1 rings (SSSR count). The van der Waals surface area contributed by atoms with Gasteiger partial charge in [-0.1, -0.05) is 4.89 Å². The Morgan fingerprint density at radius 2 is 2.06 bits per heavy atom. The maximum absolute atomic E-state index is 11.7. The number of esters is 1. The van der Waals surface area contributed by atoms with E-state index in [1.165, 1.54) is 14.2 Å². The van der Waals surface area contributed by atoms with E-state index in [2.05, 4.69) is 9.57 Å². The van der Waals surface area contributed by atoms with E-state index in [0.29, 0.717) is 5.56 Å². The SMILES string of the molecule is CONS(=O)(=O)c1c(C)csc1C(=O)OC. The molecule has 0 saturated heterocycles. The first kappa shape index (κ1) is 13.1. The first-order valence-electron chi connectivity index (χ1n) is 4.15. The predicted octanol–water partition coefficient (Wildman–Crippen LogP) is 0.683. The van der Waals surface area contributed by atoms with Crippen LogP contribution < -0.4 is 4.89 Å². The molecule has 1 N–H and O–H groups in total. The van der Waals surface area contributed by atoms with Crippen LogP contribution in [0.5, 0.6) is 0 Å². The molecule has 1 aromatic heterocycles. The van der Waals surface area contributed by atoms with E-state index in [9.17, 15) is 13.2 Å². The summed E-state index contributed by atoms with van der Waals surface area (Å²) in [7, 11) is -1.48. The molecule has 0 aliphatic rings. The molecule has 0 radical (unpaired) electrons. The van der Waals surface area contributed by atoms with Crippen molar-refractivity contribution < 1.29 is 22.8 Å². The molecule has 0 amide bonds. The maximum atomic E-state index is 11.7. The number of carbonyl (C=O) groups is 1. The Morgan fingerprint density at radius 3 is 2.56 bits per heavy atom. The number of hydrogen-bond acceptors (Lipinski definition) is 6. The molecule has 0 fully saturated rings. The Morgan fingerprint density at radius 1 is 1.44 bits per heavy atom. The summed E-state index contributed by atoms with van der Waals surface area (Å²) in [4.78, 5) is 17.5. The molecule has 0 aromatic carbocycles. The van der Waals surface area contributed by atoms with E-state index in [-0.39, 0.29) is 9.77 Å². The molecule has 0 unspecified atom stereocenters. The number of methoxy groups -OCH3 is 1. The van der Waals surface area contributed by atoms with Crippen molar-refractivity contribution in [1.82, 2.24) is 4.89 Å². The van der Waals surface area contributed by atoms with Crippen LogP contribution in [-0.2, 0) is 19.6 Å². The molecule has 16 heavy (non-hydrogen) atoms. The van der Waals surface area contributed by atoms with Crippen LogP contribution in [0.25, 0.3) is 0 Å². The quantitative estimate of drug-likeness (QED) is 0.639. The average molecular weight is 265 g/mol. The van der Waals surface area contributed by atoms with Gasteiger partial charge in [0, 0.05) is 0 Å². The molecule has 0 bridgehead atoms. The summed E-state index contributed by atoms with van der Waals surface area (Å²) in [6.45, 7) is 1.59. The van der Waals surface area contributed by atoms with Gasteiger partial charge in [-0.3, -0.25) is 4.84 Å². The summed E-state index contributed by atoms with van der Waals surface area (Å²) in [5, 5.41) is 1.57. The molecule has 0 aliphatic heterocycles. The number of carbonyl (C=O) groups excluding carboxylic acids is 1. The molecule has 6 nitrogen and oxygen atoms in total. The third-order valence-electron chi connectivity index (χ3n) is 1.75. The van der Waals surface area contributed by atoms with E-state index in [4.69, 9.17) is 0 Å². The van der Waals surface area contributed by atoms with Crippen LogP contribution in [0.1, 0.15) is 15.2 Å². The highest BCUT2D eigenvalue weighted by Crippen LogP contribution is 2.27. The van der Waals surface area contributed by atoms with Crippen molar-refractivity contribution in [2.75, 3.05) is 14.2 Å². The summed E-state index contributed by atoms with van der Waals surface area (Å²) in [5.74, 6) is -0.686. The molecule has 0 atom stereocenters. The number of aryl methyl sites for hydroxylation is 1. The number of thiophene rings is 1. The molecule has 0 saturated carbocycles. The molecule has 90 valence electrons. The van der Waals surface area contributed by atoms with Gasteiger partial charge in [0.05, 0.1) is 14.2 Å². The average Bonchev–Trinajstić information content (AvgIpc) is 2.59. The number of rotatable bonds is 4. The van der Waals surface area contributed by atoms with Gasteiger partial charge in [0.2, 0.25) is 0 Å². The van der Waals surface area contributed by atoms with E-state index in [1.807, 2.05) is 4.89 Å². The Bertz CT molecular complexity index is 491. The standard InChI is InChI=1S/C8H11NO5S2/c1-5-4-15-6(8(10)13-2)7(5)16(11,12)9-14-3/h4,9H,1-3H3. The highest BCUT2D eigenvalue weighted by atomic mass is 32.2. The highest BCUT2D eigenvalue weighted by molar-refractivity contribution is 7.89. The molecule has 1 aromatic rings. The Balaban J connectivity index is 3.32. The zero-order valence-corrected chi connectivity index (χ0v) is 10.6. The highest BCUT2D eigenvalue weighted by Gasteiger charge is 2.27. The largest absolute Gasteiger partial charge is 0.465 e. The smallest absolute Gasteiger partial charge is 0.349 e. The third kappa shape index (κ3) is 2.40. The molecule has 0 aliphatic carbocycles. The number of sulfonamides is 1. The zero-order valence-electron chi connectivity index (χ0n) is 8.94. The minimum Gasteiger partial charge on any atom is -0.465 e. The lowest BCUT2D eigenvalue weighted by Crippen LogP contribution is -2.24. The van der Waals surface area contributed by atoms with Crippen LogP contribution in [0.15, 0.2) is 10.3 Å². The van der Waals surface area contributed by atoms with E-state index < -0.39 is 16.0 Å². The van der Waals surface area contributed by atoms with E-state index >= 15 is 0 Å². The van der Waals surface area contributed by atoms with Crippen molar-refractivity contribution in [2.45, 2.75) is 11.8 Å². The van der Waals surface area contributed by atoms with Crippen molar-refractivity contribution >= 4 is 27.3 Å². The second-order valence-corrected chi connectivity index (χ2v) is 5.32. The number of ether oxygens (including phenoxy) is 1. The van der Waals surface area contributed by atoms with Crippen LogP contribution in [0.3, 0.4) is 0 Å². The van der Waals surface area contributed by atoms with Gasteiger partial charge < -0.3 is 4.74 Å². The second-order valence-electron chi connectivity index (χ2n) is 2.86. The van der Waals surface area contributed by atoms with Crippen molar-refractivity contribution in [3.63, 3.8) is 0 Å². The molecule has 1 heterocycles. The van der Waals surface area contributed by atoms with Gasteiger partial charge in [0.1, 0.15) is 9.77 Å². The lowest BCUT2D eigenvalue weighted by Gasteiger charge is -2.05. The minimum atomic E-state index is -3.85. The first-order valence-corrected chi connectivity index (χ1v) is 6.51. The molecular formula is C8H11NO5S2. The molecule has 0 spiro atoms. The summed E-state index contributed by atoms with van der Waals surface area (Å²) in [5.41, 5.74) is 0.468. The van der Waals surface area contributed by atoms with Gasteiger partial charge in [0.25, 0.3) is 10.0 Å². The van der Waals surface area contributed by atoms with E-state index in [1.54, 1.807) is 12.3 Å². The summed E-state index contributed by atoms with van der Waals surface area (Å²) >= 11 is 1.01. The fourth-order valence-electron chi connectivity index (χ4n) is 1.15. The van der Waals surface area contributed by atoms with Gasteiger partial charge in [-0.15, -0.1) is 11.3 Å². The van der Waals surface area contributed by atoms with Crippen molar-refractivity contribution in [3.05, 3.63) is 15.8 Å². The van der Waals surface area contributed by atoms with Crippen molar-refractivity contribution in [1.29, 1.82) is 0 Å². The molecule has 8 heteroatoms. The minimum absolute atomic E-state index is 0.0320. The van der Waals surface area contributed by atoms with Crippen molar-refractivity contribution in [2.24, 2.45) is 0 Å². The van der Waals surface area contributed by atoms with E-state index in [0.717, 1.165) is 11.3 Å². The number of hydrogen-bond donors (Lipinski definition) is 1. The maximum Gasteiger partial charge on any atom is 0.349 e. The van der Waals surface area contributed by atoms with Crippen LogP contribution in [0.4, 0.5) is 0 Å².